The molecule has 1 fully saturated rings. The summed E-state index contributed by atoms with van der Waals surface area (Å²) >= 11 is 0. The highest BCUT2D eigenvalue weighted by atomic mass is 16.5. The maximum atomic E-state index is 12.8. The highest BCUT2D eigenvalue weighted by Gasteiger charge is 2.34. The number of aliphatic carboxylic acids is 1. The molecular weight excluding hydrogens is 412 g/mol. The molecular formula is C24H26N2O6. The molecule has 2 atom stereocenters. The van der Waals surface area contributed by atoms with E-state index < -0.39 is 30.4 Å². The molecule has 4 rings (SSSR count). The molecule has 168 valence electrons. The lowest BCUT2D eigenvalue weighted by Gasteiger charge is -2.23. The Hall–Kier alpha value is -3.39. The van der Waals surface area contributed by atoms with Crippen LogP contribution in [0.3, 0.4) is 0 Å². The SMILES string of the molecule is O=C(O)CC(NC(=O)OCC1c2ccccc2-c2ccccc21)C(=O)N1CCC(CO)C1. The summed E-state index contributed by atoms with van der Waals surface area (Å²) in [6.07, 6.45) is -0.722. The minimum absolute atomic E-state index is 0.0288. The van der Waals surface area contributed by atoms with Crippen molar-refractivity contribution in [1.82, 2.24) is 10.2 Å². The number of ether oxygens (including phenoxy) is 1. The zero-order valence-electron chi connectivity index (χ0n) is 17.6. The zero-order valence-corrected chi connectivity index (χ0v) is 17.6. The number of rotatable bonds is 7. The predicted molar refractivity (Wildman–Crippen MR) is 116 cm³/mol. The van der Waals surface area contributed by atoms with Crippen molar-refractivity contribution in [3.63, 3.8) is 0 Å². The van der Waals surface area contributed by atoms with E-state index in [4.69, 9.17) is 4.74 Å². The molecule has 0 bridgehead atoms. The molecule has 2 aromatic rings. The molecule has 0 aromatic heterocycles. The number of aliphatic hydroxyl groups excluding tert-OH is 1. The first-order valence-corrected chi connectivity index (χ1v) is 10.7. The number of hydrogen-bond acceptors (Lipinski definition) is 5. The van der Waals surface area contributed by atoms with Gasteiger partial charge in [-0.25, -0.2) is 4.79 Å². The van der Waals surface area contributed by atoms with Crippen molar-refractivity contribution in [2.24, 2.45) is 5.92 Å². The van der Waals surface area contributed by atoms with Crippen molar-refractivity contribution in [3.05, 3.63) is 59.7 Å². The average Bonchev–Trinajstić information content (AvgIpc) is 3.39. The highest BCUT2D eigenvalue weighted by molar-refractivity contribution is 5.89. The van der Waals surface area contributed by atoms with E-state index in [1.54, 1.807) is 0 Å². The van der Waals surface area contributed by atoms with Crippen molar-refractivity contribution in [1.29, 1.82) is 0 Å². The van der Waals surface area contributed by atoms with Crippen molar-refractivity contribution >= 4 is 18.0 Å². The number of likely N-dealkylation sites (tertiary alicyclic amines) is 1. The lowest BCUT2D eigenvalue weighted by molar-refractivity contribution is -0.142. The Morgan fingerprint density at radius 2 is 1.69 bits per heavy atom. The molecule has 0 saturated carbocycles. The first-order chi connectivity index (χ1) is 15.5. The molecule has 2 unspecified atom stereocenters. The monoisotopic (exact) mass is 438 g/mol. The minimum Gasteiger partial charge on any atom is -0.481 e. The number of aliphatic hydroxyl groups is 1. The van der Waals surface area contributed by atoms with Gasteiger partial charge in [-0.1, -0.05) is 48.5 Å². The molecule has 1 aliphatic carbocycles. The number of carboxylic acid groups (broad SMARTS) is 1. The first-order valence-electron chi connectivity index (χ1n) is 10.7. The number of amides is 2. The third-order valence-electron chi connectivity index (χ3n) is 6.17. The van der Waals surface area contributed by atoms with Crippen LogP contribution in [0, 0.1) is 5.92 Å². The van der Waals surface area contributed by atoms with Crippen molar-refractivity contribution in [3.8, 4) is 11.1 Å². The molecule has 2 amide bonds. The Morgan fingerprint density at radius 1 is 1.06 bits per heavy atom. The average molecular weight is 438 g/mol. The lowest BCUT2D eigenvalue weighted by Crippen LogP contribution is -2.49. The van der Waals surface area contributed by atoms with Gasteiger partial charge in [-0.05, 0) is 28.7 Å². The summed E-state index contributed by atoms with van der Waals surface area (Å²) in [5.41, 5.74) is 4.32. The van der Waals surface area contributed by atoms with Gasteiger partial charge in [-0.3, -0.25) is 9.59 Å². The van der Waals surface area contributed by atoms with Gasteiger partial charge in [0, 0.05) is 31.5 Å². The van der Waals surface area contributed by atoms with Crippen LogP contribution in [-0.2, 0) is 14.3 Å². The third kappa shape index (κ3) is 4.45. The topological polar surface area (TPSA) is 116 Å². The van der Waals surface area contributed by atoms with Gasteiger partial charge in [-0.2, -0.15) is 0 Å². The van der Waals surface area contributed by atoms with Crippen LogP contribution in [0.25, 0.3) is 11.1 Å². The number of benzene rings is 2. The molecule has 1 aliphatic heterocycles. The van der Waals surface area contributed by atoms with Gasteiger partial charge in [-0.15, -0.1) is 0 Å². The Bertz CT molecular complexity index is 978. The molecule has 0 radical (unpaired) electrons. The van der Waals surface area contributed by atoms with E-state index >= 15 is 0 Å². The highest BCUT2D eigenvalue weighted by Crippen LogP contribution is 2.44. The molecule has 2 aliphatic rings. The summed E-state index contributed by atoms with van der Waals surface area (Å²) in [6, 6.07) is 14.7. The van der Waals surface area contributed by atoms with Gasteiger partial charge in [0.25, 0.3) is 0 Å². The van der Waals surface area contributed by atoms with Crippen LogP contribution in [0.5, 0.6) is 0 Å². The van der Waals surface area contributed by atoms with E-state index in [2.05, 4.69) is 5.32 Å². The number of hydrogen-bond donors (Lipinski definition) is 3. The van der Waals surface area contributed by atoms with Crippen LogP contribution < -0.4 is 5.32 Å². The number of carbonyl (C=O) groups is 3. The second-order valence-electron chi connectivity index (χ2n) is 8.24. The second-order valence-corrected chi connectivity index (χ2v) is 8.24. The summed E-state index contributed by atoms with van der Waals surface area (Å²) in [4.78, 5) is 38.0. The van der Waals surface area contributed by atoms with E-state index in [-0.39, 0.29) is 25.0 Å². The van der Waals surface area contributed by atoms with Crippen LogP contribution in [0.4, 0.5) is 4.79 Å². The van der Waals surface area contributed by atoms with E-state index in [1.165, 1.54) is 4.90 Å². The Balaban J connectivity index is 1.42. The maximum absolute atomic E-state index is 12.8. The zero-order chi connectivity index (χ0) is 22.7. The smallest absolute Gasteiger partial charge is 0.407 e. The summed E-state index contributed by atoms with van der Waals surface area (Å²) < 4.78 is 5.45. The van der Waals surface area contributed by atoms with E-state index in [0.29, 0.717) is 19.5 Å². The maximum Gasteiger partial charge on any atom is 0.407 e. The molecule has 0 spiro atoms. The Morgan fingerprint density at radius 3 is 2.25 bits per heavy atom. The molecule has 32 heavy (non-hydrogen) atoms. The molecule has 1 saturated heterocycles. The second kappa shape index (κ2) is 9.40. The molecule has 8 nitrogen and oxygen atoms in total. The van der Waals surface area contributed by atoms with Gasteiger partial charge in [0.05, 0.1) is 6.42 Å². The number of nitrogens with one attached hydrogen (secondary N) is 1. The van der Waals surface area contributed by atoms with Gasteiger partial charge < -0.3 is 25.2 Å². The predicted octanol–water partition coefficient (Wildman–Crippen LogP) is 2.21. The van der Waals surface area contributed by atoms with Crippen LogP contribution in [0.15, 0.2) is 48.5 Å². The Labute approximate surface area is 185 Å². The molecule has 1 heterocycles. The normalized spacial score (nSPS) is 18.0. The van der Waals surface area contributed by atoms with Crippen LogP contribution >= 0.6 is 0 Å². The largest absolute Gasteiger partial charge is 0.481 e. The first kappa shape index (κ1) is 21.8. The fraction of sp³-hybridized carbons (Fsp3) is 0.375. The number of nitrogens with zero attached hydrogens (tertiary/aromatic N) is 1. The van der Waals surface area contributed by atoms with Crippen LogP contribution in [0.2, 0.25) is 0 Å². The van der Waals surface area contributed by atoms with Gasteiger partial charge in [0.1, 0.15) is 12.6 Å². The molecule has 8 heteroatoms. The third-order valence-corrected chi connectivity index (χ3v) is 6.17. The fourth-order valence-electron chi connectivity index (χ4n) is 4.56. The van der Waals surface area contributed by atoms with Gasteiger partial charge in [0.15, 0.2) is 0 Å². The molecule has 3 N–H and O–H groups in total. The van der Waals surface area contributed by atoms with Gasteiger partial charge >= 0.3 is 12.1 Å². The minimum atomic E-state index is -1.22. The lowest BCUT2D eigenvalue weighted by atomic mass is 9.98. The summed E-state index contributed by atoms with van der Waals surface area (Å²) in [7, 11) is 0. The van der Waals surface area contributed by atoms with E-state index in [0.717, 1.165) is 22.3 Å². The number of alkyl carbamates (subject to hydrolysis) is 1. The van der Waals surface area contributed by atoms with Crippen LogP contribution in [0.1, 0.15) is 29.9 Å². The Kier molecular flexibility index (Phi) is 6.41. The van der Waals surface area contributed by atoms with E-state index in [9.17, 15) is 24.6 Å². The summed E-state index contributed by atoms with van der Waals surface area (Å²) in [5, 5.41) is 20.9. The summed E-state index contributed by atoms with van der Waals surface area (Å²) in [5.74, 6) is -1.83. The van der Waals surface area contributed by atoms with E-state index in [1.807, 2.05) is 48.5 Å². The quantitative estimate of drug-likeness (QED) is 0.610. The van der Waals surface area contributed by atoms with Gasteiger partial charge in [0.2, 0.25) is 5.91 Å². The van der Waals surface area contributed by atoms with Crippen molar-refractivity contribution in [2.45, 2.75) is 24.8 Å². The molecule has 2 aromatic carbocycles. The van der Waals surface area contributed by atoms with Crippen LogP contribution in [-0.4, -0.2) is 65.4 Å². The number of carbonyl (C=O) groups excluding carboxylic acids is 2. The number of fused-ring (bicyclic) bond motifs is 3. The fourth-order valence-corrected chi connectivity index (χ4v) is 4.56. The van der Waals surface area contributed by atoms with Crippen molar-refractivity contribution < 1.29 is 29.3 Å². The summed E-state index contributed by atoms with van der Waals surface area (Å²) in [6.45, 7) is 0.807. The standard InChI is InChI=1S/C24H26N2O6/c27-13-15-9-10-26(12-15)23(30)21(11-22(28)29)25-24(31)32-14-20-18-7-3-1-5-16(18)17-6-2-4-8-19(17)20/h1-8,15,20-21,27H,9-14H2,(H,25,31)(H,28,29). The number of carboxylic acids is 1. The van der Waals surface area contributed by atoms with Crippen molar-refractivity contribution in [2.75, 3.05) is 26.3 Å².